The first-order valence-electron chi connectivity index (χ1n) is 6.43. The number of hydrogen-bond donors (Lipinski definition) is 1. The van der Waals surface area contributed by atoms with E-state index in [-0.39, 0.29) is 11.6 Å². The normalized spacial score (nSPS) is 18.1. The fraction of sp³-hybridized carbons (Fsp3) is 0.692. The van der Waals surface area contributed by atoms with Gasteiger partial charge in [-0.3, -0.25) is 4.98 Å². The van der Waals surface area contributed by atoms with Crippen LogP contribution in [-0.4, -0.2) is 34.7 Å². The van der Waals surface area contributed by atoms with Crippen molar-refractivity contribution in [1.82, 2.24) is 9.97 Å². The highest BCUT2D eigenvalue weighted by molar-refractivity contribution is 5.44. The molecule has 2 heterocycles. The van der Waals surface area contributed by atoms with Crippen LogP contribution in [0.2, 0.25) is 0 Å². The summed E-state index contributed by atoms with van der Waals surface area (Å²) in [7, 11) is 0. The molecule has 5 nitrogen and oxygen atoms in total. The largest absolute Gasteiger partial charge is 0.474 e. The second-order valence-electron chi connectivity index (χ2n) is 5.63. The fourth-order valence-corrected chi connectivity index (χ4v) is 1.98. The molecule has 1 fully saturated rings. The molecule has 0 bridgehead atoms. The molecule has 18 heavy (non-hydrogen) atoms. The Morgan fingerprint density at radius 2 is 1.94 bits per heavy atom. The third-order valence-corrected chi connectivity index (χ3v) is 3.40. The van der Waals surface area contributed by atoms with Gasteiger partial charge < -0.3 is 15.4 Å². The van der Waals surface area contributed by atoms with Crippen LogP contribution in [0.3, 0.4) is 0 Å². The maximum absolute atomic E-state index is 6.27. The first kappa shape index (κ1) is 13.1. The van der Waals surface area contributed by atoms with Crippen LogP contribution in [0.1, 0.15) is 27.7 Å². The molecule has 1 saturated heterocycles. The molecule has 0 radical (unpaired) electrons. The van der Waals surface area contributed by atoms with E-state index in [2.05, 4.69) is 28.7 Å². The van der Waals surface area contributed by atoms with Crippen LogP contribution < -0.4 is 15.4 Å². The summed E-state index contributed by atoms with van der Waals surface area (Å²) in [4.78, 5) is 10.7. The highest BCUT2D eigenvalue weighted by Gasteiger charge is 2.42. The Morgan fingerprint density at radius 1 is 1.28 bits per heavy atom. The van der Waals surface area contributed by atoms with Crippen LogP contribution in [0.25, 0.3) is 0 Å². The first-order chi connectivity index (χ1) is 8.40. The van der Waals surface area contributed by atoms with Gasteiger partial charge in [-0.15, -0.1) is 0 Å². The quantitative estimate of drug-likeness (QED) is 0.876. The molecular formula is C13H22N4O. The summed E-state index contributed by atoms with van der Waals surface area (Å²) in [6.45, 7) is 9.90. The van der Waals surface area contributed by atoms with Gasteiger partial charge in [0.2, 0.25) is 5.88 Å². The van der Waals surface area contributed by atoms with Gasteiger partial charge in [-0.1, -0.05) is 13.8 Å². The van der Waals surface area contributed by atoms with Crippen LogP contribution >= 0.6 is 0 Å². The zero-order valence-electron chi connectivity index (χ0n) is 11.6. The van der Waals surface area contributed by atoms with E-state index >= 15 is 0 Å². The number of nitrogens with zero attached hydrogens (tertiary/aromatic N) is 3. The number of anilines is 1. The van der Waals surface area contributed by atoms with E-state index in [0.717, 1.165) is 18.9 Å². The van der Waals surface area contributed by atoms with Gasteiger partial charge in [0.25, 0.3) is 0 Å². The zero-order chi connectivity index (χ0) is 13.3. The lowest BCUT2D eigenvalue weighted by Crippen LogP contribution is -2.70. The van der Waals surface area contributed by atoms with Crippen molar-refractivity contribution in [3.63, 3.8) is 0 Å². The van der Waals surface area contributed by atoms with Gasteiger partial charge in [0.1, 0.15) is 0 Å². The minimum atomic E-state index is -0.101. The van der Waals surface area contributed by atoms with E-state index in [1.807, 2.05) is 13.8 Å². The van der Waals surface area contributed by atoms with Gasteiger partial charge in [0, 0.05) is 13.1 Å². The van der Waals surface area contributed by atoms with E-state index in [0.29, 0.717) is 11.8 Å². The Labute approximate surface area is 108 Å². The number of ether oxygens (including phenoxy) is 1. The average Bonchev–Trinajstić information content (AvgIpc) is 2.23. The Hall–Kier alpha value is -1.36. The summed E-state index contributed by atoms with van der Waals surface area (Å²) in [5.74, 6) is 1.88. The SMILES string of the molecule is CC(C)Oc1cncc(N2CC(N)(C(C)C)C2)n1. The molecule has 2 N–H and O–H groups in total. The lowest BCUT2D eigenvalue weighted by atomic mass is 9.80. The molecule has 0 aromatic carbocycles. The molecule has 0 saturated carbocycles. The number of nitrogens with two attached hydrogens (primary N) is 1. The highest BCUT2D eigenvalue weighted by Crippen LogP contribution is 2.30. The monoisotopic (exact) mass is 250 g/mol. The third kappa shape index (κ3) is 2.56. The molecule has 0 amide bonds. The molecule has 1 aliphatic rings. The van der Waals surface area contributed by atoms with Crippen molar-refractivity contribution >= 4 is 5.82 Å². The topological polar surface area (TPSA) is 64.3 Å². The second-order valence-corrected chi connectivity index (χ2v) is 5.63. The molecule has 1 aliphatic heterocycles. The summed E-state index contributed by atoms with van der Waals surface area (Å²) in [6.07, 6.45) is 3.50. The Bertz CT molecular complexity index is 413. The molecule has 5 heteroatoms. The van der Waals surface area contributed by atoms with Gasteiger partial charge >= 0.3 is 0 Å². The standard InChI is InChI=1S/C13H22N4O/c1-9(2)13(14)7-17(8-13)11-5-15-6-12(16-11)18-10(3)4/h5-6,9-10H,7-8,14H2,1-4H3. The van der Waals surface area contributed by atoms with E-state index in [9.17, 15) is 0 Å². The van der Waals surface area contributed by atoms with Crippen molar-refractivity contribution in [2.24, 2.45) is 11.7 Å². The third-order valence-electron chi connectivity index (χ3n) is 3.40. The smallest absolute Gasteiger partial charge is 0.234 e. The molecule has 1 aromatic heterocycles. The molecular weight excluding hydrogens is 228 g/mol. The van der Waals surface area contributed by atoms with Crippen LogP contribution in [0, 0.1) is 5.92 Å². The maximum Gasteiger partial charge on any atom is 0.234 e. The van der Waals surface area contributed by atoms with E-state index < -0.39 is 0 Å². The Morgan fingerprint density at radius 3 is 2.50 bits per heavy atom. The van der Waals surface area contributed by atoms with Crippen LogP contribution in [-0.2, 0) is 0 Å². The van der Waals surface area contributed by atoms with Gasteiger partial charge in [-0.25, -0.2) is 0 Å². The summed E-state index contributed by atoms with van der Waals surface area (Å²) in [5, 5.41) is 0. The minimum absolute atomic E-state index is 0.101. The van der Waals surface area contributed by atoms with Crippen molar-refractivity contribution in [1.29, 1.82) is 0 Å². The van der Waals surface area contributed by atoms with E-state index in [4.69, 9.17) is 10.5 Å². The highest BCUT2D eigenvalue weighted by atomic mass is 16.5. The number of hydrogen-bond acceptors (Lipinski definition) is 5. The van der Waals surface area contributed by atoms with Crippen molar-refractivity contribution < 1.29 is 4.74 Å². The predicted octanol–water partition coefficient (Wildman–Crippen LogP) is 1.44. The lowest BCUT2D eigenvalue weighted by Gasteiger charge is -2.50. The predicted molar refractivity (Wildman–Crippen MR) is 71.8 cm³/mol. The maximum atomic E-state index is 6.27. The summed E-state index contributed by atoms with van der Waals surface area (Å²) < 4.78 is 5.54. The molecule has 0 unspecified atom stereocenters. The van der Waals surface area contributed by atoms with Gasteiger partial charge in [0.15, 0.2) is 5.82 Å². The van der Waals surface area contributed by atoms with Crippen LogP contribution in [0.5, 0.6) is 5.88 Å². The molecule has 100 valence electrons. The van der Waals surface area contributed by atoms with E-state index in [1.165, 1.54) is 0 Å². The van der Waals surface area contributed by atoms with Crippen LogP contribution in [0.4, 0.5) is 5.82 Å². The lowest BCUT2D eigenvalue weighted by molar-refractivity contribution is 0.227. The molecule has 0 aliphatic carbocycles. The Balaban J connectivity index is 2.03. The van der Waals surface area contributed by atoms with Gasteiger partial charge in [-0.2, -0.15) is 4.98 Å². The Kier molecular flexibility index (Phi) is 3.43. The van der Waals surface area contributed by atoms with Crippen molar-refractivity contribution in [3.8, 4) is 5.88 Å². The van der Waals surface area contributed by atoms with E-state index in [1.54, 1.807) is 12.4 Å². The molecule has 2 rings (SSSR count). The van der Waals surface area contributed by atoms with Crippen molar-refractivity contribution in [2.75, 3.05) is 18.0 Å². The zero-order valence-corrected chi connectivity index (χ0v) is 11.6. The number of aromatic nitrogens is 2. The van der Waals surface area contributed by atoms with Crippen LogP contribution in [0.15, 0.2) is 12.4 Å². The summed E-state index contributed by atoms with van der Waals surface area (Å²) >= 11 is 0. The molecule has 0 spiro atoms. The first-order valence-corrected chi connectivity index (χ1v) is 6.43. The number of rotatable bonds is 4. The summed E-state index contributed by atoms with van der Waals surface area (Å²) in [6, 6.07) is 0. The van der Waals surface area contributed by atoms with Crippen molar-refractivity contribution in [2.45, 2.75) is 39.3 Å². The molecule has 0 atom stereocenters. The van der Waals surface area contributed by atoms with Crippen molar-refractivity contribution in [3.05, 3.63) is 12.4 Å². The summed E-state index contributed by atoms with van der Waals surface area (Å²) in [5.41, 5.74) is 6.17. The average molecular weight is 250 g/mol. The fourth-order valence-electron chi connectivity index (χ4n) is 1.98. The second kappa shape index (κ2) is 4.72. The minimum Gasteiger partial charge on any atom is -0.474 e. The van der Waals surface area contributed by atoms with Gasteiger partial charge in [-0.05, 0) is 19.8 Å². The van der Waals surface area contributed by atoms with Gasteiger partial charge in [0.05, 0.1) is 24.0 Å². The molecule has 1 aromatic rings.